The molecule has 1 N–H and O–H groups in total. The van der Waals surface area contributed by atoms with Gasteiger partial charge < -0.3 is 9.84 Å². The number of carbonyl (C=O) groups excluding carboxylic acids is 1. The van der Waals surface area contributed by atoms with E-state index in [1.54, 1.807) is 19.1 Å². The molecule has 0 atom stereocenters. The Balaban J connectivity index is 1.88. The lowest BCUT2D eigenvalue weighted by molar-refractivity contribution is 0.0495. The van der Waals surface area contributed by atoms with E-state index in [4.69, 9.17) is 4.74 Å². The summed E-state index contributed by atoms with van der Waals surface area (Å²) in [6.07, 6.45) is 3.52. The van der Waals surface area contributed by atoms with Crippen LogP contribution >= 0.6 is 0 Å². The number of benzene rings is 1. The minimum Gasteiger partial charge on any atom is -0.508 e. The highest BCUT2D eigenvalue weighted by atomic mass is 16.5. The van der Waals surface area contributed by atoms with Crippen molar-refractivity contribution in [3.05, 3.63) is 29.3 Å². The van der Waals surface area contributed by atoms with Crippen LogP contribution in [-0.2, 0) is 4.74 Å². The van der Waals surface area contributed by atoms with Gasteiger partial charge in [-0.3, -0.25) is 0 Å². The van der Waals surface area contributed by atoms with E-state index in [2.05, 4.69) is 0 Å². The number of rotatable bonds is 4. The van der Waals surface area contributed by atoms with E-state index in [1.807, 2.05) is 0 Å². The molecule has 1 saturated carbocycles. The average Bonchev–Trinajstić information content (AvgIpc) is 3.06. The Morgan fingerprint density at radius 2 is 2.25 bits per heavy atom. The second-order valence-corrected chi connectivity index (χ2v) is 4.37. The van der Waals surface area contributed by atoms with Crippen molar-refractivity contribution in [2.24, 2.45) is 5.92 Å². The van der Waals surface area contributed by atoms with Gasteiger partial charge in [0.25, 0.3) is 0 Å². The maximum Gasteiger partial charge on any atom is 0.338 e. The Hall–Kier alpha value is -1.51. The molecule has 0 unspecified atom stereocenters. The number of carbonyl (C=O) groups is 1. The molecule has 3 heteroatoms. The first-order valence-corrected chi connectivity index (χ1v) is 5.63. The molecule has 1 aromatic carbocycles. The lowest BCUT2D eigenvalue weighted by atomic mass is 10.1. The second-order valence-electron chi connectivity index (χ2n) is 4.37. The summed E-state index contributed by atoms with van der Waals surface area (Å²) in [5.41, 5.74) is 1.20. The number of esters is 1. The number of ether oxygens (including phenoxy) is 1. The van der Waals surface area contributed by atoms with Gasteiger partial charge in [-0.15, -0.1) is 0 Å². The van der Waals surface area contributed by atoms with Crippen LogP contribution in [0.3, 0.4) is 0 Å². The van der Waals surface area contributed by atoms with Crippen LogP contribution in [0.1, 0.15) is 35.2 Å². The summed E-state index contributed by atoms with van der Waals surface area (Å²) >= 11 is 0. The molecule has 1 aliphatic rings. The van der Waals surface area contributed by atoms with Gasteiger partial charge in [0, 0.05) is 0 Å². The Bertz CT molecular complexity index is 394. The average molecular weight is 220 g/mol. The van der Waals surface area contributed by atoms with Gasteiger partial charge >= 0.3 is 5.97 Å². The zero-order valence-corrected chi connectivity index (χ0v) is 9.40. The lowest BCUT2D eigenvalue weighted by Crippen LogP contribution is -2.07. The van der Waals surface area contributed by atoms with Crippen molar-refractivity contribution in [3.63, 3.8) is 0 Å². The molecule has 86 valence electrons. The fraction of sp³-hybridized carbons (Fsp3) is 0.462. The third-order valence-electron chi connectivity index (χ3n) is 2.89. The van der Waals surface area contributed by atoms with Crippen LogP contribution in [0.4, 0.5) is 0 Å². The van der Waals surface area contributed by atoms with Crippen molar-refractivity contribution in [2.75, 3.05) is 6.61 Å². The molecule has 0 aliphatic heterocycles. The van der Waals surface area contributed by atoms with E-state index in [-0.39, 0.29) is 11.7 Å². The molecule has 0 spiro atoms. The first-order valence-electron chi connectivity index (χ1n) is 5.63. The van der Waals surface area contributed by atoms with E-state index in [9.17, 15) is 9.90 Å². The summed E-state index contributed by atoms with van der Waals surface area (Å²) in [7, 11) is 0. The Kier molecular flexibility index (Phi) is 3.13. The van der Waals surface area contributed by atoms with Gasteiger partial charge in [-0.2, -0.15) is 0 Å². The van der Waals surface area contributed by atoms with Gasteiger partial charge in [-0.25, -0.2) is 4.79 Å². The van der Waals surface area contributed by atoms with E-state index in [0.717, 1.165) is 12.3 Å². The summed E-state index contributed by atoms with van der Waals surface area (Å²) in [5, 5.41) is 9.33. The SMILES string of the molecule is Cc1cc(C(=O)OCCC2CC2)ccc1O. The number of hydrogen-bond acceptors (Lipinski definition) is 3. The van der Waals surface area contributed by atoms with E-state index >= 15 is 0 Å². The maximum absolute atomic E-state index is 11.6. The normalized spacial score (nSPS) is 14.8. The van der Waals surface area contributed by atoms with Gasteiger partial charge in [-0.05, 0) is 43.0 Å². The van der Waals surface area contributed by atoms with Gasteiger partial charge in [0.1, 0.15) is 5.75 Å². The lowest BCUT2D eigenvalue weighted by Gasteiger charge is -2.05. The molecule has 0 aromatic heterocycles. The molecule has 0 heterocycles. The smallest absolute Gasteiger partial charge is 0.338 e. The number of phenolic OH excluding ortho intramolecular Hbond substituents is 1. The number of phenols is 1. The number of hydrogen-bond donors (Lipinski definition) is 1. The molecule has 0 amide bonds. The Morgan fingerprint density at radius 3 is 2.88 bits per heavy atom. The predicted octanol–water partition coefficient (Wildman–Crippen LogP) is 2.66. The van der Waals surface area contributed by atoms with Gasteiger partial charge in [0.2, 0.25) is 0 Å². The molecule has 1 fully saturated rings. The topological polar surface area (TPSA) is 46.5 Å². The fourth-order valence-corrected chi connectivity index (χ4v) is 1.59. The Morgan fingerprint density at radius 1 is 1.50 bits per heavy atom. The third kappa shape index (κ3) is 2.75. The minimum atomic E-state index is -0.302. The molecule has 0 saturated heterocycles. The quantitative estimate of drug-likeness (QED) is 0.793. The summed E-state index contributed by atoms with van der Waals surface area (Å²) in [4.78, 5) is 11.6. The molecular formula is C13H16O3. The summed E-state index contributed by atoms with van der Waals surface area (Å²) in [5.74, 6) is 0.674. The van der Waals surface area contributed by atoms with E-state index in [0.29, 0.717) is 17.7 Å². The first kappa shape index (κ1) is 11.0. The van der Waals surface area contributed by atoms with E-state index < -0.39 is 0 Å². The predicted molar refractivity (Wildman–Crippen MR) is 60.5 cm³/mol. The standard InChI is InChI=1S/C13H16O3/c1-9-8-11(4-5-12(9)14)13(15)16-7-6-10-2-3-10/h4-5,8,10,14H,2-3,6-7H2,1H3. The highest BCUT2D eigenvalue weighted by molar-refractivity contribution is 5.89. The highest BCUT2D eigenvalue weighted by Crippen LogP contribution is 2.32. The third-order valence-corrected chi connectivity index (χ3v) is 2.89. The second kappa shape index (κ2) is 4.56. The van der Waals surface area contributed by atoms with Crippen LogP contribution < -0.4 is 0 Å². The number of aryl methyl sites for hydroxylation is 1. The van der Waals surface area contributed by atoms with Crippen molar-refractivity contribution >= 4 is 5.97 Å². The molecule has 16 heavy (non-hydrogen) atoms. The minimum absolute atomic E-state index is 0.203. The van der Waals surface area contributed by atoms with Crippen molar-refractivity contribution < 1.29 is 14.6 Å². The molecule has 0 radical (unpaired) electrons. The van der Waals surface area contributed by atoms with E-state index in [1.165, 1.54) is 18.9 Å². The molecular weight excluding hydrogens is 204 g/mol. The summed E-state index contributed by atoms with van der Waals surface area (Å²) in [6.45, 7) is 2.26. The molecule has 3 nitrogen and oxygen atoms in total. The number of aromatic hydroxyl groups is 1. The Labute approximate surface area is 95.0 Å². The summed E-state index contributed by atoms with van der Waals surface area (Å²) < 4.78 is 5.15. The zero-order valence-electron chi connectivity index (χ0n) is 9.40. The zero-order chi connectivity index (χ0) is 11.5. The largest absolute Gasteiger partial charge is 0.508 e. The van der Waals surface area contributed by atoms with Gasteiger partial charge in [-0.1, -0.05) is 12.8 Å². The highest BCUT2D eigenvalue weighted by Gasteiger charge is 2.21. The maximum atomic E-state index is 11.6. The van der Waals surface area contributed by atoms with Crippen molar-refractivity contribution in [2.45, 2.75) is 26.2 Å². The fourth-order valence-electron chi connectivity index (χ4n) is 1.59. The van der Waals surface area contributed by atoms with Crippen molar-refractivity contribution in [1.82, 2.24) is 0 Å². The molecule has 2 rings (SSSR count). The van der Waals surface area contributed by atoms with Gasteiger partial charge in [0.05, 0.1) is 12.2 Å². The molecule has 0 bridgehead atoms. The van der Waals surface area contributed by atoms with Gasteiger partial charge in [0.15, 0.2) is 0 Å². The first-order chi connectivity index (χ1) is 7.66. The van der Waals surface area contributed by atoms with Crippen molar-refractivity contribution in [1.29, 1.82) is 0 Å². The summed E-state index contributed by atoms with van der Waals surface area (Å²) in [6, 6.07) is 4.75. The van der Waals surface area contributed by atoms with Crippen LogP contribution in [0.25, 0.3) is 0 Å². The monoisotopic (exact) mass is 220 g/mol. The molecule has 1 aliphatic carbocycles. The van der Waals surface area contributed by atoms with Crippen LogP contribution in [0, 0.1) is 12.8 Å². The van der Waals surface area contributed by atoms with Crippen LogP contribution in [0.2, 0.25) is 0 Å². The van der Waals surface area contributed by atoms with Crippen LogP contribution in [0.5, 0.6) is 5.75 Å². The van der Waals surface area contributed by atoms with Crippen LogP contribution in [-0.4, -0.2) is 17.7 Å². The van der Waals surface area contributed by atoms with Crippen molar-refractivity contribution in [3.8, 4) is 5.75 Å². The van der Waals surface area contributed by atoms with Crippen LogP contribution in [0.15, 0.2) is 18.2 Å². The molecule has 1 aromatic rings.